The Bertz CT molecular complexity index is 763. The van der Waals surface area contributed by atoms with Crippen molar-refractivity contribution >= 4 is 11.8 Å². The number of hydrogen-bond donors (Lipinski definition) is 3. The molecule has 3 fully saturated rings. The number of ketones is 1. The Hall–Kier alpha value is -1.88. The van der Waals surface area contributed by atoms with Crippen molar-refractivity contribution in [3.05, 3.63) is 35.6 Å². The fraction of sp³-hybridized carbons (Fsp3) is 0.636. The molecule has 0 amide bonds. The van der Waals surface area contributed by atoms with Gasteiger partial charge < -0.3 is 15.3 Å². The van der Waals surface area contributed by atoms with E-state index in [2.05, 4.69) is 6.92 Å². The molecule has 146 valence electrons. The molecule has 4 rings (SSSR count). The highest BCUT2D eigenvalue weighted by molar-refractivity contribution is 5.92. The Morgan fingerprint density at radius 2 is 2.00 bits per heavy atom. The summed E-state index contributed by atoms with van der Waals surface area (Å²) in [5.74, 6) is 0.533. The van der Waals surface area contributed by atoms with Gasteiger partial charge in [-0.05, 0) is 85.5 Å². The quantitative estimate of drug-likeness (QED) is 0.509. The maximum Gasteiger partial charge on any atom is 0.328 e. The van der Waals surface area contributed by atoms with Gasteiger partial charge >= 0.3 is 5.97 Å². The predicted octanol–water partition coefficient (Wildman–Crippen LogP) is 3.55. The molecule has 4 aliphatic rings. The maximum atomic E-state index is 11.9. The van der Waals surface area contributed by atoms with Gasteiger partial charge in [-0.25, -0.2) is 4.79 Å². The van der Waals surface area contributed by atoms with Gasteiger partial charge in [0.2, 0.25) is 0 Å². The lowest BCUT2D eigenvalue weighted by Crippen LogP contribution is -2.52. The topological polar surface area (TPSA) is 94.8 Å². The molecule has 0 aromatic heterocycles. The van der Waals surface area contributed by atoms with Crippen molar-refractivity contribution in [3.63, 3.8) is 0 Å². The van der Waals surface area contributed by atoms with Crippen molar-refractivity contribution in [2.24, 2.45) is 29.1 Å². The van der Waals surface area contributed by atoms with Crippen LogP contribution in [-0.4, -0.2) is 32.7 Å². The Labute approximate surface area is 159 Å². The van der Waals surface area contributed by atoms with E-state index in [4.69, 9.17) is 5.11 Å². The van der Waals surface area contributed by atoms with Gasteiger partial charge in [-0.2, -0.15) is 0 Å². The van der Waals surface area contributed by atoms with Gasteiger partial charge in [0, 0.05) is 17.9 Å². The molecule has 0 heterocycles. The number of carboxylic acids is 1. The van der Waals surface area contributed by atoms with Crippen LogP contribution in [0.15, 0.2) is 35.6 Å². The molecule has 0 aromatic carbocycles. The largest absolute Gasteiger partial charge is 0.515 e. The second-order valence-electron chi connectivity index (χ2n) is 9.09. The minimum Gasteiger partial charge on any atom is -0.515 e. The van der Waals surface area contributed by atoms with E-state index < -0.39 is 11.6 Å². The summed E-state index contributed by atoms with van der Waals surface area (Å²) >= 11 is 0. The number of carbonyl (C=O) groups excluding carboxylic acids is 1. The summed E-state index contributed by atoms with van der Waals surface area (Å²) in [5, 5.41) is 30.1. The van der Waals surface area contributed by atoms with Crippen LogP contribution in [0.25, 0.3) is 0 Å². The Morgan fingerprint density at radius 3 is 2.70 bits per heavy atom. The number of allylic oxidation sites excluding steroid dienone is 2. The average molecular weight is 372 g/mol. The van der Waals surface area contributed by atoms with E-state index in [1.807, 2.05) is 0 Å². The third-order valence-electron chi connectivity index (χ3n) is 8.13. The van der Waals surface area contributed by atoms with Crippen molar-refractivity contribution in [2.75, 3.05) is 0 Å². The second-order valence-corrected chi connectivity index (χ2v) is 9.09. The Kier molecular flexibility index (Phi) is 4.34. The molecule has 5 nitrogen and oxygen atoms in total. The summed E-state index contributed by atoms with van der Waals surface area (Å²) in [6.45, 7) is 2.10. The lowest BCUT2D eigenvalue weighted by atomic mass is 9.50. The molecular weight excluding hydrogens is 344 g/mol. The summed E-state index contributed by atoms with van der Waals surface area (Å²) in [6.07, 6.45) is 10.9. The van der Waals surface area contributed by atoms with Crippen LogP contribution in [0.2, 0.25) is 0 Å². The van der Waals surface area contributed by atoms with Gasteiger partial charge in [0.1, 0.15) is 0 Å². The maximum absolute atomic E-state index is 11.9. The van der Waals surface area contributed by atoms with Gasteiger partial charge in [-0.3, -0.25) is 4.79 Å². The van der Waals surface area contributed by atoms with Crippen molar-refractivity contribution in [2.45, 2.75) is 57.5 Å². The molecule has 0 aromatic rings. The van der Waals surface area contributed by atoms with Crippen molar-refractivity contribution in [1.82, 2.24) is 0 Å². The fourth-order valence-electron chi connectivity index (χ4n) is 6.72. The predicted molar refractivity (Wildman–Crippen MR) is 99.9 cm³/mol. The van der Waals surface area contributed by atoms with Crippen LogP contribution < -0.4 is 0 Å². The van der Waals surface area contributed by atoms with E-state index in [-0.39, 0.29) is 17.1 Å². The van der Waals surface area contributed by atoms with Crippen molar-refractivity contribution in [3.8, 4) is 0 Å². The van der Waals surface area contributed by atoms with Gasteiger partial charge in [-0.15, -0.1) is 0 Å². The van der Waals surface area contributed by atoms with E-state index in [0.29, 0.717) is 30.6 Å². The van der Waals surface area contributed by atoms with Crippen LogP contribution >= 0.6 is 0 Å². The van der Waals surface area contributed by atoms with Crippen LogP contribution in [0.1, 0.15) is 51.9 Å². The van der Waals surface area contributed by atoms with Crippen molar-refractivity contribution in [1.29, 1.82) is 0 Å². The number of carbonyl (C=O) groups is 2. The number of rotatable bonds is 2. The van der Waals surface area contributed by atoms with Crippen LogP contribution in [0, 0.1) is 29.1 Å². The third-order valence-corrected chi connectivity index (χ3v) is 8.13. The zero-order chi connectivity index (χ0) is 19.4. The number of fused-ring (bicyclic) bond motifs is 5. The van der Waals surface area contributed by atoms with E-state index in [1.165, 1.54) is 12.3 Å². The van der Waals surface area contributed by atoms with Crippen LogP contribution in [0.3, 0.4) is 0 Å². The molecule has 0 spiro atoms. The van der Waals surface area contributed by atoms with E-state index >= 15 is 0 Å². The molecule has 5 heteroatoms. The van der Waals surface area contributed by atoms with E-state index in [9.17, 15) is 19.8 Å². The first kappa shape index (κ1) is 18.5. The summed E-state index contributed by atoms with van der Waals surface area (Å²) in [4.78, 5) is 22.9. The van der Waals surface area contributed by atoms with E-state index in [1.54, 1.807) is 6.08 Å². The first-order valence-corrected chi connectivity index (χ1v) is 10.0. The summed E-state index contributed by atoms with van der Waals surface area (Å²) in [5.41, 5.74) is 0.447. The number of aliphatic carboxylic acids is 1. The van der Waals surface area contributed by atoms with Gasteiger partial charge in [-0.1, -0.05) is 6.92 Å². The van der Waals surface area contributed by atoms with Gasteiger partial charge in [0.05, 0.1) is 11.9 Å². The highest BCUT2D eigenvalue weighted by atomic mass is 16.4. The standard InChI is InChI=1S/C22H28O5/c1-21-7-4-16-15-3-2-14(24)11-17(15)13(12-23)10-18(16)19(21)5-8-22(21,27)9-6-20(25)26/h6,9,11-12,15-16,18-19,23,27H,2-5,7-8,10H2,1H3,(H,25,26)/b9-6-,13-12?/t15-,16-,18-,19+,21+,22-/m1/s1. The van der Waals surface area contributed by atoms with Crippen molar-refractivity contribution < 1.29 is 24.9 Å². The van der Waals surface area contributed by atoms with E-state index in [0.717, 1.165) is 49.3 Å². The molecule has 3 saturated carbocycles. The summed E-state index contributed by atoms with van der Waals surface area (Å²) in [6, 6.07) is 0. The number of aliphatic hydroxyl groups excluding tert-OH is 1. The summed E-state index contributed by atoms with van der Waals surface area (Å²) in [7, 11) is 0. The molecule has 4 aliphatic carbocycles. The number of aliphatic hydroxyl groups is 2. The normalized spacial score (nSPS) is 45.3. The second kappa shape index (κ2) is 6.33. The number of hydrogen-bond acceptors (Lipinski definition) is 4. The highest BCUT2D eigenvalue weighted by Crippen LogP contribution is 2.65. The zero-order valence-corrected chi connectivity index (χ0v) is 15.7. The lowest BCUT2D eigenvalue weighted by Gasteiger charge is -2.55. The Morgan fingerprint density at radius 1 is 1.22 bits per heavy atom. The van der Waals surface area contributed by atoms with Crippen LogP contribution in [0.4, 0.5) is 0 Å². The average Bonchev–Trinajstić information content (AvgIpc) is 2.91. The molecule has 0 saturated heterocycles. The first-order valence-electron chi connectivity index (χ1n) is 10.0. The fourth-order valence-corrected chi connectivity index (χ4v) is 6.72. The molecule has 27 heavy (non-hydrogen) atoms. The van der Waals surface area contributed by atoms with Gasteiger partial charge in [0.25, 0.3) is 0 Å². The minimum absolute atomic E-state index is 0.147. The summed E-state index contributed by atoms with van der Waals surface area (Å²) < 4.78 is 0. The smallest absolute Gasteiger partial charge is 0.328 e. The monoisotopic (exact) mass is 372 g/mol. The third kappa shape index (κ3) is 2.70. The molecule has 0 bridgehead atoms. The molecule has 3 N–H and O–H groups in total. The highest BCUT2D eigenvalue weighted by Gasteiger charge is 2.61. The first-order chi connectivity index (χ1) is 12.8. The minimum atomic E-state index is -1.09. The van der Waals surface area contributed by atoms with Gasteiger partial charge in [0.15, 0.2) is 5.78 Å². The molecule has 6 atom stereocenters. The molecule has 0 aliphatic heterocycles. The number of carboxylic acid groups (broad SMARTS) is 1. The van der Waals surface area contributed by atoms with Crippen LogP contribution in [0.5, 0.6) is 0 Å². The Balaban J connectivity index is 1.68. The zero-order valence-electron chi connectivity index (χ0n) is 15.7. The molecular formula is C22H28O5. The lowest BCUT2D eigenvalue weighted by molar-refractivity contribution is -0.131. The van der Waals surface area contributed by atoms with Crippen LogP contribution in [-0.2, 0) is 9.59 Å². The molecule has 0 radical (unpaired) electrons. The SMILES string of the molecule is C[C@]12CC[C@H]3[C@@H](CC(=CO)C4=CC(=O)CC[C@@H]43)[C@@H]1CC[C@@]2(O)/C=C\C(=O)O. The molecule has 0 unspecified atom stereocenters.